The fourth-order valence-electron chi connectivity index (χ4n) is 3.46. The van der Waals surface area contributed by atoms with Crippen molar-refractivity contribution < 1.29 is 14.1 Å². The molecule has 0 spiro atoms. The van der Waals surface area contributed by atoms with Gasteiger partial charge in [-0.25, -0.2) is 0 Å². The van der Waals surface area contributed by atoms with Crippen LogP contribution in [0.2, 0.25) is 0 Å². The standard InChI is InChI=1S/C19H21N3O3/c1-13-10-18(21-25-13)24-12-19(23)22-9-5-4-8-17(22)16-11-14-6-2-3-7-15(14)20-16/h2-3,6-7,10-11,17,20H,4-5,8-9,12H2,1H3/t17-/m0/s1. The fourth-order valence-corrected chi connectivity index (χ4v) is 3.46. The number of carbonyl (C=O) groups excluding carboxylic acids is 1. The van der Waals surface area contributed by atoms with Gasteiger partial charge in [-0.3, -0.25) is 4.79 Å². The number of hydrogen-bond donors (Lipinski definition) is 1. The number of nitrogens with one attached hydrogen (secondary N) is 1. The van der Waals surface area contributed by atoms with Gasteiger partial charge in [-0.2, -0.15) is 0 Å². The van der Waals surface area contributed by atoms with Crippen molar-refractivity contribution in [3.8, 4) is 5.88 Å². The third kappa shape index (κ3) is 3.24. The quantitative estimate of drug-likeness (QED) is 0.788. The molecule has 6 nitrogen and oxygen atoms in total. The van der Waals surface area contributed by atoms with Crippen molar-refractivity contribution in [2.75, 3.05) is 13.2 Å². The largest absolute Gasteiger partial charge is 0.465 e. The maximum Gasteiger partial charge on any atom is 0.261 e. The molecule has 0 radical (unpaired) electrons. The first-order chi connectivity index (χ1) is 12.2. The molecule has 1 aliphatic heterocycles. The number of benzene rings is 1. The molecule has 1 aliphatic rings. The summed E-state index contributed by atoms with van der Waals surface area (Å²) in [6, 6.07) is 12.1. The second-order valence-corrected chi connectivity index (χ2v) is 6.48. The van der Waals surface area contributed by atoms with Gasteiger partial charge < -0.3 is 19.1 Å². The molecule has 0 unspecified atom stereocenters. The van der Waals surface area contributed by atoms with Crippen LogP contribution in [-0.2, 0) is 4.79 Å². The number of H-pyrrole nitrogens is 1. The summed E-state index contributed by atoms with van der Waals surface area (Å²) in [6.07, 6.45) is 3.10. The Bertz CT molecular complexity index is 850. The summed E-state index contributed by atoms with van der Waals surface area (Å²) in [4.78, 5) is 18.1. The number of fused-ring (bicyclic) bond motifs is 1. The summed E-state index contributed by atoms with van der Waals surface area (Å²) in [5, 5.41) is 4.94. The highest BCUT2D eigenvalue weighted by atomic mass is 16.5. The lowest BCUT2D eigenvalue weighted by Crippen LogP contribution is -2.41. The average Bonchev–Trinajstić information content (AvgIpc) is 3.25. The van der Waals surface area contributed by atoms with E-state index in [9.17, 15) is 4.79 Å². The molecule has 1 saturated heterocycles. The van der Waals surface area contributed by atoms with Gasteiger partial charge in [-0.15, -0.1) is 0 Å². The lowest BCUT2D eigenvalue weighted by molar-refractivity contribution is -0.137. The summed E-state index contributed by atoms with van der Waals surface area (Å²) in [5.41, 5.74) is 2.19. The van der Waals surface area contributed by atoms with Crippen LogP contribution in [0.5, 0.6) is 5.88 Å². The number of para-hydroxylation sites is 1. The molecule has 3 heterocycles. The van der Waals surface area contributed by atoms with E-state index in [0.29, 0.717) is 11.6 Å². The number of hydrogen-bond acceptors (Lipinski definition) is 4. The van der Waals surface area contributed by atoms with Crippen LogP contribution in [0, 0.1) is 6.92 Å². The molecular formula is C19H21N3O3. The van der Waals surface area contributed by atoms with Gasteiger partial charge in [0.05, 0.1) is 6.04 Å². The van der Waals surface area contributed by atoms with E-state index in [2.05, 4.69) is 28.3 Å². The zero-order valence-corrected chi connectivity index (χ0v) is 14.2. The van der Waals surface area contributed by atoms with Crippen molar-refractivity contribution in [2.45, 2.75) is 32.2 Å². The minimum Gasteiger partial charge on any atom is -0.465 e. The van der Waals surface area contributed by atoms with Gasteiger partial charge in [0.2, 0.25) is 0 Å². The Balaban J connectivity index is 1.50. The van der Waals surface area contributed by atoms with Crippen molar-refractivity contribution in [3.05, 3.63) is 47.9 Å². The number of nitrogens with zero attached hydrogens (tertiary/aromatic N) is 2. The van der Waals surface area contributed by atoms with Crippen LogP contribution in [0.1, 0.15) is 36.8 Å². The maximum atomic E-state index is 12.7. The van der Waals surface area contributed by atoms with Crippen LogP contribution >= 0.6 is 0 Å². The molecule has 1 atom stereocenters. The average molecular weight is 339 g/mol. The van der Waals surface area contributed by atoms with Gasteiger partial charge in [0, 0.05) is 23.8 Å². The Morgan fingerprint density at radius 1 is 1.36 bits per heavy atom. The monoisotopic (exact) mass is 339 g/mol. The highest BCUT2D eigenvalue weighted by molar-refractivity contribution is 5.81. The smallest absolute Gasteiger partial charge is 0.261 e. The molecule has 1 aromatic carbocycles. The SMILES string of the molecule is Cc1cc(OCC(=O)N2CCCC[C@H]2c2cc3ccccc3[nH]2)no1. The molecule has 3 aromatic rings. The second kappa shape index (κ2) is 6.63. The van der Waals surface area contributed by atoms with Crippen LogP contribution in [-0.4, -0.2) is 34.1 Å². The van der Waals surface area contributed by atoms with Gasteiger partial charge in [0.25, 0.3) is 11.8 Å². The number of aromatic nitrogens is 2. The van der Waals surface area contributed by atoms with E-state index in [1.54, 1.807) is 13.0 Å². The van der Waals surface area contributed by atoms with E-state index >= 15 is 0 Å². The van der Waals surface area contributed by atoms with Crippen LogP contribution in [0.25, 0.3) is 10.9 Å². The molecular weight excluding hydrogens is 318 g/mol. The third-order valence-electron chi connectivity index (χ3n) is 4.68. The second-order valence-electron chi connectivity index (χ2n) is 6.48. The third-order valence-corrected chi connectivity index (χ3v) is 4.68. The van der Waals surface area contributed by atoms with Crippen molar-refractivity contribution in [1.29, 1.82) is 0 Å². The summed E-state index contributed by atoms with van der Waals surface area (Å²) >= 11 is 0. The van der Waals surface area contributed by atoms with Crippen LogP contribution in [0.4, 0.5) is 0 Å². The maximum absolute atomic E-state index is 12.7. The number of ether oxygens (including phenoxy) is 1. The van der Waals surface area contributed by atoms with E-state index in [4.69, 9.17) is 9.26 Å². The summed E-state index contributed by atoms with van der Waals surface area (Å²) in [5.74, 6) is 0.991. The van der Waals surface area contributed by atoms with Crippen LogP contribution in [0.15, 0.2) is 40.9 Å². The molecule has 25 heavy (non-hydrogen) atoms. The Morgan fingerprint density at radius 3 is 3.04 bits per heavy atom. The molecule has 1 fully saturated rings. The number of likely N-dealkylation sites (tertiary alicyclic amines) is 1. The highest BCUT2D eigenvalue weighted by Crippen LogP contribution is 2.32. The molecule has 0 aliphatic carbocycles. The minimum absolute atomic E-state index is 0.0241. The summed E-state index contributed by atoms with van der Waals surface area (Å²) < 4.78 is 10.4. The normalized spacial score (nSPS) is 17.8. The number of piperidine rings is 1. The Morgan fingerprint density at radius 2 is 2.24 bits per heavy atom. The van der Waals surface area contributed by atoms with E-state index in [-0.39, 0.29) is 18.6 Å². The molecule has 130 valence electrons. The first kappa shape index (κ1) is 15.7. The first-order valence-electron chi connectivity index (χ1n) is 8.64. The molecule has 1 amide bonds. The van der Waals surface area contributed by atoms with Crippen molar-refractivity contribution in [3.63, 3.8) is 0 Å². The Kier molecular flexibility index (Phi) is 4.17. The molecule has 1 N–H and O–H groups in total. The molecule has 6 heteroatoms. The van der Waals surface area contributed by atoms with E-state index in [0.717, 1.165) is 37.0 Å². The van der Waals surface area contributed by atoms with E-state index in [1.807, 2.05) is 17.0 Å². The number of amides is 1. The number of aromatic amines is 1. The van der Waals surface area contributed by atoms with Crippen LogP contribution < -0.4 is 4.74 Å². The molecule has 2 aromatic heterocycles. The lowest BCUT2D eigenvalue weighted by atomic mass is 9.99. The topological polar surface area (TPSA) is 71.4 Å². The predicted octanol–water partition coefficient (Wildman–Crippen LogP) is 3.60. The summed E-state index contributed by atoms with van der Waals surface area (Å²) in [7, 11) is 0. The van der Waals surface area contributed by atoms with Crippen molar-refractivity contribution in [1.82, 2.24) is 15.0 Å². The van der Waals surface area contributed by atoms with Gasteiger partial charge in [-0.1, -0.05) is 18.2 Å². The number of rotatable bonds is 4. The first-order valence-corrected chi connectivity index (χ1v) is 8.64. The van der Waals surface area contributed by atoms with Crippen molar-refractivity contribution >= 4 is 16.8 Å². The molecule has 4 rings (SSSR count). The predicted molar refractivity (Wildman–Crippen MR) is 93.3 cm³/mol. The molecule has 0 bridgehead atoms. The molecule has 0 saturated carbocycles. The van der Waals surface area contributed by atoms with Gasteiger partial charge >= 0.3 is 0 Å². The Hall–Kier alpha value is -2.76. The van der Waals surface area contributed by atoms with Crippen LogP contribution in [0.3, 0.4) is 0 Å². The zero-order chi connectivity index (χ0) is 17.2. The van der Waals surface area contributed by atoms with Gasteiger partial charge in [0.15, 0.2) is 6.61 Å². The van der Waals surface area contributed by atoms with Gasteiger partial charge in [0.1, 0.15) is 5.76 Å². The van der Waals surface area contributed by atoms with Crippen molar-refractivity contribution in [2.24, 2.45) is 0 Å². The van der Waals surface area contributed by atoms with E-state index in [1.165, 1.54) is 5.39 Å². The lowest BCUT2D eigenvalue weighted by Gasteiger charge is -2.35. The zero-order valence-electron chi connectivity index (χ0n) is 14.2. The highest BCUT2D eigenvalue weighted by Gasteiger charge is 2.29. The summed E-state index contributed by atoms with van der Waals surface area (Å²) in [6.45, 7) is 2.51. The fraction of sp³-hybridized carbons (Fsp3) is 0.368. The number of aryl methyl sites for hydroxylation is 1. The Labute approximate surface area is 145 Å². The number of carbonyl (C=O) groups is 1. The van der Waals surface area contributed by atoms with E-state index < -0.39 is 0 Å². The van der Waals surface area contributed by atoms with Gasteiger partial charge in [-0.05, 0) is 48.9 Å². The minimum atomic E-state index is -0.0251.